The highest BCUT2D eigenvalue weighted by Crippen LogP contribution is 2.24. The lowest BCUT2D eigenvalue weighted by Crippen LogP contribution is -2.41. The van der Waals surface area contributed by atoms with Crippen LogP contribution in [0.5, 0.6) is 0 Å². The summed E-state index contributed by atoms with van der Waals surface area (Å²) in [6.07, 6.45) is 5.94. The molecule has 1 aromatic heterocycles. The predicted octanol–water partition coefficient (Wildman–Crippen LogP) is 4.65. The Labute approximate surface area is 160 Å². The van der Waals surface area contributed by atoms with Gasteiger partial charge in [-0.05, 0) is 43.0 Å². The molecule has 0 saturated heterocycles. The van der Waals surface area contributed by atoms with Crippen molar-refractivity contribution in [3.63, 3.8) is 0 Å². The third-order valence-corrected chi connectivity index (χ3v) is 5.68. The molecule has 0 spiro atoms. The molecular formula is C23H27N3O. The second-order valence-corrected chi connectivity index (χ2v) is 7.62. The molecule has 2 aromatic carbocycles. The van der Waals surface area contributed by atoms with Gasteiger partial charge in [-0.15, -0.1) is 0 Å². The lowest BCUT2D eigenvalue weighted by atomic mass is 9.86. The van der Waals surface area contributed by atoms with Crippen molar-refractivity contribution in [1.82, 2.24) is 14.9 Å². The van der Waals surface area contributed by atoms with Crippen molar-refractivity contribution in [3.05, 3.63) is 60.4 Å². The molecule has 1 heterocycles. The van der Waals surface area contributed by atoms with Crippen LogP contribution in [0, 0.1) is 5.92 Å². The lowest BCUT2D eigenvalue weighted by Gasteiger charge is -2.29. The van der Waals surface area contributed by atoms with Crippen LogP contribution in [-0.2, 0) is 11.2 Å². The largest absolute Gasteiger partial charge is 0.353 e. The van der Waals surface area contributed by atoms with Crippen LogP contribution >= 0.6 is 0 Å². The summed E-state index contributed by atoms with van der Waals surface area (Å²) in [6, 6.07) is 18.7. The maximum atomic E-state index is 12.5. The summed E-state index contributed by atoms with van der Waals surface area (Å²) in [7, 11) is 0. The zero-order chi connectivity index (χ0) is 18.6. The number of aromatic nitrogens is 2. The minimum atomic E-state index is 0.139. The van der Waals surface area contributed by atoms with E-state index in [4.69, 9.17) is 4.98 Å². The highest BCUT2D eigenvalue weighted by atomic mass is 16.1. The van der Waals surface area contributed by atoms with E-state index < -0.39 is 0 Å². The fraction of sp³-hybridized carbons (Fsp3) is 0.391. The van der Waals surface area contributed by atoms with E-state index in [0.717, 1.165) is 29.0 Å². The molecule has 4 nitrogen and oxygen atoms in total. The maximum Gasteiger partial charge on any atom is 0.220 e. The Morgan fingerprint density at radius 2 is 1.81 bits per heavy atom. The molecular weight excluding hydrogens is 334 g/mol. The Hall–Kier alpha value is -2.62. The number of fused-ring (bicyclic) bond motifs is 1. The number of benzene rings is 2. The van der Waals surface area contributed by atoms with E-state index in [9.17, 15) is 4.79 Å². The molecule has 1 amide bonds. The first-order valence-electron chi connectivity index (χ1n) is 10.0. The first-order valence-corrected chi connectivity index (χ1v) is 10.0. The zero-order valence-electron chi connectivity index (χ0n) is 15.9. The fourth-order valence-electron chi connectivity index (χ4n) is 4.14. The van der Waals surface area contributed by atoms with Crippen molar-refractivity contribution in [2.24, 2.45) is 5.92 Å². The van der Waals surface area contributed by atoms with Gasteiger partial charge in [-0.2, -0.15) is 0 Å². The van der Waals surface area contributed by atoms with Gasteiger partial charge in [-0.3, -0.25) is 9.36 Å². The van der Waals surface area contributed by atoms with Crippen LogP contribution in [0.1, 0.15) is 44.9 Å². The number of aryl methyl sites for hydroxylation is 1. The van der Waals surface area contributed by atoms with E-state index >= 15 is 0 Å². The van der Waals surface area contributed by atoms with E-state index in [1.165, 1.54) is 19.3 Å². The van der Waals surface area contributed by atoms with Crippen molar-refractivity contribution in [2.75, 3.05) is 0 Å². The third-order valence-electron chi connectivity index (χ3n) is 5.68. The molecule has 140 valence electrons. The van der Waals surface area contributed by atoms with Gasteiger partial charge in [-0.25, -0.2) is 4.98 Å². The number of amides is 1. The number of rotatable bonds is 5. The van der Waals surface area contributed by atoms with E-state index in [2.05, 4.69) is 35.0 Å². The smallest absolute Gasteiger partial charge is 0.220 e. The van der Waals surface area contributed by atoms with Gasteiger partial charge in [-0.1, -0.05) is 50.1 Å². The molecule has 1 N–H and O–H groups in total. The standard InChI is InChI=1S/C23H27N3O/c1-17-9-5-6-12-19(17)25-23(27)16-15-22-24-20-13-7-8-14-21(20)26(22)18-10-3-2-4-11-18/h2-4,7-8,10-11,13-14,17,19H,5-6,9,12,15-16H2,1H3,(H,25,27)/t17-,19-/m0/s1. The van der Waals surface area contributed by atoms with Crippen molar-refractivity contribution in [3.8, 4) is 5.69 Å². The average Bonchev–Trinajstić information content (AvgIpc) is 3.07. The maximum absolute atomic E-state index is 12.5. The average molecular weight is 361 g/mol. The van der Waals surface area contributed by atoms with Gasteiger partial charge in [0.1, 0.15) is 5.82 Å². The second-order valence-electron chi connectivity index (χ2n) is 7.62. The number of nitrogens with zero attached hydrogens (tertiary/aromatic N) is 2. The molecule has 0 bridgehead atoms. The van der Waals surface area contributed by atoms with Crippen LogP contribution in [0.4, 0.5) is 0 Å². The van der Waals surface area contributed by atoms with Gasteiger partial charge in [0.2, 0.25) is 5.91 Å². The quantitative estimate of drug-likeness (QED) is 0.719. The molecule has 1 aliphatic carbocycles. The van der Waals surface area contributed by atoms with Crippen molar-refractivity contribution in [1.29, 1.82) is 0 Å². The normalized spacial score (nSPS) is 19.9. The summed E-state index contributed by atoms with van der Waals surface area (Å²) in [5.41, 5.74) is 3.14. The van der Waals surface area contributed by atoms with E-state index in [-0.39, 0.29) is 5.91 Å². The summed E-state index contributed by atoms with van der Waals surface area (Å²) in [5, 5.41) is 3.26. The van der Waals surface area contributed by atoms with Crippen molar-refractivity contribution >= 4 is 16.9 Å². The van der Waals surface area contributed by atoms with Gasteiger partial charge >= 0.3 is 0 Å². The Bertz CT molecular complexity index is 916. The number of carbonyl (C=O) groups is 1. The summed E-state index contributed by atoms with van der Waals surface area (Å²) in [6.45, 7) is 2.25. The Kier molecular flexibility index (Phi) is 5.23. The van der Waals surface area contributed by atoms with Crippen LogP contribution in [0.2, 0.25) is 0 Å². The van der Waals surface area contributed by atoms with Crippen molar-refractivity contribution in [2.45, 2.75) is 51.5 Å². The lowest BCUT2D eigenvalue weighted by molar-refractivity contribution is -0.122. The molecule has 2 atom stereocenters. The fourth-order valence-corrected chi connectivity index (χ4v) is 4.14. The third kappa shape index (κ3) is 3.90. The molecule has 1 saturated carbocycles. The first-order chi connectivity index (χ1) is 13.2. The number of hydrogen-bond donors (Lipinski definition) is 1. The van der Waals surface area contributed by atoms with E-state index in [1.807, 2.05) is 36.4 Å². The van der Waals surface area contributed by atoms with Crippen LogP contribution < -0.4 is 5.32 Å². The summed E-state index contributed by atoms with van der Waals surface area (Å²) < 4.78 is 2.17. The SMILES string of the molecule is C[C@H]1CCCC[C@@H]1NC(=O)CCc1nc2ccccc2n1-c1ccccc1. The van der Waals surface area contributed by atoms with Gasteiger partial charge < -0.3 is 5.32 Å². The number of imidazole rings is 1. The number of carbonyl (C=O) groups excluding carboxylic acids is 1. The molecule has 3 aromatic rings. The number of hydrogen-bond acceptors (Lipinski definition) is 2. The predicted molar refractivity (Wildman–Crippen MR) is 109 cm³/mol. The van der Waals surface area contributed by atoms with E-state index in [0.29, 0.717) is 24.8 Å². The Morgan fingerprint density at radius 3 is 2.63 bits per heavy atom. The zero-order valence-corrected chi connectivity index (χ0v) is 15.9. The van der Waals surface area contributed by atoms with Gasteiger partial charge in [0.05, 0.1) is 11.0 Å². The Balaban J connectivity index is 1.53. The molecule has 27 heavy (non-hydrogen) atoms. The molecule has 0 aliphatic heterocycles. The van der Waals surface area contributed by atoms with Crippen LogP contribution in [0.15, 0.2) is 54.6 Å². The van der Waals surface area contributed by atoms with Gasteiger partial charge in [0, 0.05) is 24.6 Å². The summed E-state index contributed by atoms with van der Waals surface area (Å²) >= 11 is 0. The monoisotopic (exact) mass is 361 g/mol. The van der Waals surface area contributed by atoms with Crippen molar-refractivity contribution < 1.29 is 4.79 Å². The highest BCUT2D eigenvalue weighted by Gasteiger charge is 2.23. The number of para-hydroxylation sites is 3. The summed E-state index contributed by atoms with van der Waals surface area (Å²) in [5.74, 6) is 1.66. The van der Waals surface area contributed by atoms with Crippen LogP contribution in [-0.4, -0.2) is 21.5 Å². The molecule has 1 fully saturated rings. The number of nitrogens with one attached hydrogen (secondary N) is 1. The topological polar surface area (TPSA) is 46.9 Å². The van der Waals surface area contributed by atoms with E-state index in [1.54, 1.807) is 0 Å². The minimum Gasteiger partial charge on any atom is -0.353 e. The molecule has 0 radical (unpaired) electrons. The molecule has 0 unspecified atom stereocenters. The summed E-state index contributed by atoms with van der Waals surface area (Å²) in [4.78, 5) is 17.4. The minimum absolute atomic E-state index is 0.139. The highest BCUT2D eigenvalue weighted by molar-refractivity contribution is 5.79. The first kappa shape index (κ1) is 17.8. The molecule has 4 rings (SSSR count). The second kappa shape index (κ2) is 7.95. The Morgan fingerprint density at radius 1 is 1.07 bits per heavy atom. The molecule has 4 heteroatoms. The van der Waals surface area contributed by atoms with Crippen LogP contribution in [0.25, 0.3) is 16.7 Å². The van der Waals surface area contributed by atoms with Crippen LogP contribution in [0.3, 0.4) is 0 Å². The van der Waals surface area contributed by atoms with Gasteiger partial charge in [0.15, 0.2) is 0 Å². The molecule has 1 aliphatic rings. The van der Waals surface area contributed by atoms with Gasteiger partial charge in [0.25, 0.3) is 0 Å².